The van der Waals surface area contributed by atoms with E-state index < -0.39 is 5.97 Å². The molecule has 1 rings (SSSR count). The van der Waals surface area contributed by atoms with Gasteiger partial charge >= 0.3 is 5.97 Å². The summed E-state index contributed by atoms with van der Waals surface area (Å²) in [7, 11) is 0. The van der Waals surface area contributed by atoms with E-state index in [9.17, 15) is 4.79 Å². The first kappa shape index (κ1) is 11.9. The molecule has 2 N–H and O–H groups in total. The van der Waals surface area contributed by atoms with Crippen molar-refractivity contribution in [3.05, 3.63) is 18.1 Å². The zero-order chi connectivity index (χ0) is 11.8. The fourth-order valence-corrected chi connectivity index (χ4v) is 1.08. The van der Waals surface area contributed by atoms with Crippen molar-refractivity contribution in [1.29, 1.82) is 5.26 Å². The van der Waals surface area contributed by atoms with E-state index in [2.05, 4.69) is 21.4 Å². The Morgan fingerprint density at radius 1 is 1.44 bits per heavy atom. The topological polar surface area (TPSA) is 98.9 Å². The second-order valence-electron chi connectivity index (χ2n) is 3.13. The Morgan fingerprint density at radius 2 is 2.25 bits per heavy atom. The van der Waals surface area contributed by atoms with E-state index in [-0.39, 0.29) is 5.69 Å². The molecule has 6 heteroatoms. The summed E-state index contributed by atoms with van der Waals surface area (Å²) in [6.45, 7) is 0.697. The second kappa shape index (κ2) is 6.35. The molecule has 0 unspecified atom stereocenters. The third-order valence-corrected chi connectivity index (χ3v) is 1.89. The Balaban J connectivity index is 2.33. The molecule has 0 atom stereocenters. The van der Waals surface area contributed by atoms with Gasteiger partial charge in [-0.1, -0.05) is 0 Å². The van der Waals surface area contributed by atoms with E-state index in [1.807, 2.05) is 0 Å². The number of nitrogens with zero attached hydrogens (tertiary/aromatic N) is 3. The minimum absolute atomic E-state index is 0.0740. The van der Waals surface area contributed by atoms with Crippen molar-refractivity contribution in [2.75, 3.05) is 11.9 Å². The lowest BCUT2D eigenvalue weighted by Crippen LogP contribution is -2.06. The summed E-state index contributed by atoms with van der Waals surface area (Å²) in [6, 6.07) is 2.07. The molecule has 6 nitrogen and oxygen atoms in total. The van der Waals surface area contributed by atoms with Crippen LogP contribution in [0.5, 0.6) is 0 Å². The Morgan fingerprint density at radius 3 is 2.81 bits per heavy atom. The molecule has 1 heterocycles. The van der Waals surface area contributed by atoms with Gasteiger partial charge in [-0.05, 0) is 12.8 Å². The number of hydrogen-bond donors (Lipinski definition) is 2. The van der Waals surface area contributed by atoms with E-state index >= 15 is 0 Å². The zero-order valence-electron chi connectivity index (χ0n) is 8.68. The van der Waals surface area contributed by atoms with Crippen LogP contribution in [-0.4, -0.2) is 27.6 Å². The maximum absolute atomic E-state index is 10.5. The maximum atomic E-state index is 10.5. The SMILES string of the molecule is N#CCCCCNc1cnc(C(=O)O)cn1. The smallest absolute Gasteiger partial charge is 0.356 e. The Kier molecular flexibility index (Phi) is 4.73. The van der Waals surface area contributed by atoms with Gasteiger partial charge in [0.1, 0.15) is 5.82 Å². The summed E-state index contributed by atoms with van der Waals surface area (Å²) < 4.78 is 0. The highest BCUT2D eigenvalue weighted by Crippen LogP contribution is 2.02. The van der Waals surface area contributed by atoms with Crippen LogP contribution >= 0.6 is 0 Å². The van der Waals surface area contributed by atoms with Crippen molar-refractivity contribution in [2.45, 2.75) is 19.3 Å². The highest BCUT2D eigenvalue weighted by molar-refractivity contribution is 5.84. The molecule has 0 bridgehead atoms. The van der Waals surface area contributed by atoms with Crippen LogP contribution in [0.3, 0.4) is 0 Å². The van der Waals surface area contributed by atoms with Crippen molar-refractivity contribution < 1.29 is 9.90 Å². The third kappa shape index (κ3) is 3.92. The average molecular weight is 220 g/mol. The Labute approximate surface area is 93.0 Å². The van der Waals surface area contributed by atoms with Gasteiger partial charge in [0.15, 0.2) is 5.69 Å². The Hall–Kier alpha value is -2.16. The first-order valence-electron chi connectivity index (χ1n) is 4.90. The quantitative estimate of drug-likeness (QED) is 0.700. The lowest BCUT2D eigenvalue weighted by Gasteiger charge is -2.03. The van der Waals surface area contributed by atoms with Crippen molar-refractivity contribution in [3.8, 4) is 6.07 Å². The van der Waals surface area contributed by atoms with Gasteiger partial charge < -0.3 is 10.4 Å². The predicted octanol–water partition coefficient (Wildman–Crippen LogP) is 1.28. The largest absolute Gasteiger partial charge is 0.476 e. The van der Waals surface area contributed by atoms with Gasteiger partial charge in [-0.2, -0.15) is 5.26 Å². The van der Waals surface area contributed by atoms with Crippen LogP contribution < -0.4 is 5.32 Å². The lowest BCUT2D eigenvalue weighted by molar-refractivity contribution is 0.0690. The molecule has 0 aliphatic carbocycles. The molecule has 1 aromatic rings. The molecule has 0 aliphatic rings. The van der Waals surface area contributed by atoms with Crippen LogP contribution in [0, 0.1) is 11.3 Å². The summed E-state index contributed by atoms with van der Waals surface area (Å²) in [5, 5.41) is 19.9. The summed E-state index contributed by atoms with van der Waals surface area (Å²) in [5.74, 6) is -0.546. The highest BCUT2D eigenvalue weighted by atomic mass is 16.4. The molecule has 1 aromatic heterocycles. The van der Waals surface area contributed by atoms with Crippen LogP contribution in [0.1, 0.15) is 29.8 Å². The van der Waals surface area contributed by atoms with Crippen LogP contribution in [0.25, 0.3) is 0 Å². The minimum Gasteiger partial charge on any atom is -0.476 e. The number of hydrogen-bond acceptors (Lipinski definition) is 5. The number of aromatic nitrogens is 2. The summed E-state index contributed by atoms with van der Waals surface area (Å²) in [5.41, 5.74) is -0.0740. The van der Waals surface area contributed by atoms with E-state index in [1.54, 1.807) is 0 Å². The number of rotatable bonds is 6. The van der Waals surface area contributed by atoms with Gasteiger partial charge in [0, 0.05) is 13.0 Å². The minimum atomic E-state index is -1.09. The van der Waals surface area contributed by atoms with Gasteiger partial charge in [0.25, 0.3) is 0 Å². The lowest BCUT2D eigenvalue weighted by atomic mass is 10.2. The van der Waals surface area contributed by atoms with Crippen LogP contribution in [-0.2, 0) is 0 Å². The number of carboxylic acids is 1. The molecule has 0 spiro atoms. The molecule has 0 saturated heterocycles. The van der Waals surface area contributed by atoms with E-state index in [1.165, 1.54) is 12.4 Å². The molecule has 0 saturated carbocycles. The van der Waals surface area contributed by atoms with Gasteiger partial charge in [0.05, 0.1) is 18.5 Å². The summed E-state index contributed by atoms with van der Waals surface area (Å²) in [6.07, 6.45) is 4.85. The van der Waals surface area contributed by atoms with E-state index in [0.717, 1.165) is 12.8 Å². The van der Waals surface area contributed by atoms with Gasteiger partial charge in [0.2, 0.25) is 0 Å². The molecule has 0 radical (unpaired) electrons. The molecular formula is C10H12N4O2. The molecule has 84 valence electrons. The van der Waals surface area contributed by atoms with Crippen molar-refractivity contribution >= 4 is 11.8 Å². The standard InChI is InChI=1S/C10H12N4O2/c11-4-2-1-3-5-12-9-7-13-8(6-14-9)10(15)16/h6-7H,1-3,5H2,(H,12,14)(H,15,16). The molecule has 0 aliphatic heterocycles. The van der Waals surface area contributed by atoms with Crippen molar-refractivity contribution in [2.24, 2.45) is 0 Å². The Bertz CT molecular complexity index is 383. The first-order valence-corrected chi connectivity index (χ1v) is 4.90. The normalized spacial score (nSPS) is 9.44. The number of nitriles is 1. The monoisotopic (exact) mass is 220 g/mol. The van der Waals surface area contributed by atoms with Crippen LogP contribution in [0.15, 0.2) is 12.4 Å². The molecule has 0 aromatic carbocycles. The number of carboxylic acid groups (broad SMARTS) is 1. The average Bonchev–Trinajstić information content (AvgIpc) is 2.29. The van der Waals surface area contributed by atoms with Gasteiger partial charge in [-0.3, -0.25) is 0 Å². The summed E-state index contributed by atoms with van der Waals surface area (Å²) in [4.78, 5) is 18.1. The van der Waals surface area contributed by atoms with Gasteiger partial charge in [-0.15, -0.1) is 0 Å². The second-order valence-corrected chi connectivity index (χ2v) is 3.13. The molecule has 0 amide bonds. The van der Waals surface area contributed by atoms with Crippen LogP contribution in [0.2, 0.25) is 0 Å². The maximum Gasteiger partial charge on any atom is 0.356 e. The highest BCUT2D eigenvalue weighted by Gasteiger charge is 2.03. The number of anilines is 1. The van der Waals surface area contributed by atoms with E-state index in [4.69, 9.17) is 10.4 Å². The fraction of sp³-hybridized carbons (Fsp3) is 0.400. The predicted molar refractivity (Wildman–Crippen MR) is 56.9 cm³/mol. The van der Waals surface area contributed by atoms with Gasteiger partial charge in [-0.25, -0.2) is 14.8 Å². The zero-order valence-corrected chi connectivity index (χ0v) is 8.68. The number of carbonyl (C=O) groups is 1. The number of aromatic carboxylic acids is 1. The number of unbranched alkanes of at least 4 members (excludes halogenated alkanes) is 2. The molecule has 0 fully saturated rings. The molecular weight excluding hydrogens is 208 g/mol. The fourth-order valence-electron chi connectivity index (χ4n) is 1.08. The van der Waals surface area contributed by atoms with E-state index in [0.29, 0.717) is 18.8 Å². The van der Waals surface area contributed by atoms with Crippen molar-refractivity contribution in [1.82, 2.24) is 9.97 Å². The summed E-state index contributed by atoms with van der Waals surface area (Å²) >= 11 is 0. The molecule has 16 heavy (non-hydrogen) atoms. The third-order valence-electron chi connectivity index (χ3n) is 1.89. The van der Waals surface area contributed by atoms with Crippen LogP contribution in [0.4, 0.5) is 5.82 Å². The number of nitrogens with one attached hydrogen (secondary N) is 1. The van der Waals surface area contributed by atoms with Crippen molar-refractivity contribution in [3.63, 3.8) is 0 Å². The first-order chi connectivity index (χ1) is 7.74.